The molecule has 7 aromatic rings. The Labute approximate surface area is 263 Å². The van der Waals surface area contributed by atoms with E-state index in [0.29, 0.717) is 0 Å². The van der Waals surface area contributed by atoms with Crippen LogP contribution in [0.3, 0.4) is 0 Å². The molecule has 4 aromatic carbocycles. The molecule has 7 rings (SSSR count). The van der Waals surface area contributed by atoms with Crippen LogP contribution in [0.5, 0.6) is 0 Å². The Morgan fingerprint density at radius 1 is 0.619 bits per heavy atom. The summed E-state index contributed by atoms with van der Waals surface area (Å²) in [6.45, 7) is 0. The molecule has 1 radical (unpaired) electrons. The summed E-state index contributed by atoms with van der Waals surface area (Å²) in [7, 11) is 0. The summed E-state index contributed by atoms with van der Waals surface area (Å²) in [5.41, 5.74) is 8.15. The van der Waals surface area contributed by atoms with Crippen LogP contribution >= 0.6 is 0 Å². The Bertz CT molecular complexity index is 1880. The van der Waals surface area contributed by atoms with E-state index in [1.54, 1.807) is 6.20 Å². The first-order valence-corrected chi connectivity index (χ1v) is 21.1. The van der Waals surface area contributed by atoms with Crippen LogP contribution in [0.2, 0.25) is 17.3 Å². The molecule has 3 nitrogen and oxygen atoms in total. The van der Waals surface area contributed by atoms with E-state index >= 15 is 0 Å². The fourth-order valence-corrected chi connectivity index (χ4v) is 8.00. The number of rotatable bonds is 4. The molecule has 209 valence electrons. The molecule has 3 heterocycles. The maximum absolute atomic E-state index is 6.38. The Hall–Kier alpha value is -3.83. The maximum atomic E-state index is 6.38. The van der Waals surface area contributed by atoms with Gasteiger partial charge in [-0.3, -0.25) is 0 Å². The molecule has 0 spiro atoms. The minimum absolute atomic E-state index is 0. The van der Waals surface area contributed by atoms with Crippen molar-refractivity contribution in [2.45, 2.75) is 17.3 Å². The summed E-state index contributed by atoms with van der Waals surface area (Å²) in [4.78, 5) is 8.97. The molecular formula is C37H30GeIrN2O-2. The number of fused-ring (bicyclic) bond motifs is 3. The fourth-order valence-electron chi connectivity index (χ4n) is 4.93. The van der Waals surface area contributed by atoms with Crippen LogP contribution in [-0.4, -0.2) is 23.2 Å². The van der Waals surface area contributed by atoms with E-state index in [0.717, 1.165) is 44.6 Å². The van der Waals surface area contributed by atoms with Crippen LogP contribution in [0.15, 0.2) is 132 Å². The molecule has 0 saturated carbocycles. The van der Waals surface area contributed by atoms with Crippen molar-refractivity contribution in [2.75, 3.05) is 0 Å². The van der Waals surface area contributed by atoms with Gasteiger partial charge in [0.25, 0.3) is 0 Å². The molecule has 3 aromatic heterocycles. The normalized spacial score (nSPS) is 11.0. The zero-order valence-electron chi connectivity index (χ0n) is 23.8. The van der Waals surface area contributed by atoms with Crippen LogP contribution in [-0.2, 0) is 20.1 Å². The standard InChI is InChI=1S/C26H22GeNO.C11H8N.Ir/c1-27(2,3)23-14-8-13-21-22-17-28-24(16-25(22)29-26(21)23)20-12-7-11-19(15-20)18-9-5-4-6-10-18;1-2-6-10(7-3-1)11-8-4-5-9-12-11;/h4-11,13-17H,1-3H3;1-6,8-9H;/q2*-1;. The van der Waals surface area contributed by atoms with Crippen LogP contribution in [0, 0.1) is 12.1 Å². The smallest absolute Gasteiger partial charge is 0.0160 e. The molecular weight excluding hydrogens is 753 g/mol. The van der Waals surface area contributed by atoms with Gasteiger partial charge in [-0.25, -0.2) is 0 Å². The van der Waals surface area contributed by atoms with E-state index in [1.165, 1.54) is 15.3 Å². The third kappa shape index (κ3) is 6.47. The second-order valence-electron chi connectivity index (χ2n) is 10.9. The molecule has 42 heavy (non-hydrogen) atoms. The maximum Gasteiger partial charge on any atom is 0.0160 e. The van der Waals surface area contributed by atoms with Crippen LogP contribution in [0.25, 0.3) is 55.6 Å². The van der Waals surface area contributed by atoms with E-state index in [-0.39, 0.29) is 20.1 Å². The summed E-state index contributed by atoms with van der Waals surface area (Å²) < 4.78 is 7.78. The predicted molar refractivity (Wildman–Crippen MR) is 173 cm³/mol. The average Bonchev–Trinajstić information content (AvgIpc) is 3.40. The van der Waals surface area contributed by atoms with Gasteiger partial charge in [-0.05, 0) is 11.8 Å². The van der Waals surface area contributed by atoms with Gasteiger partial charge in [0.05, 0.1) is 0 Å². The molecule has 0 saturated heterocycles. The van der Waals surface area contributed by atoms with E-state index in [4.69, 9.17) is 9.40 Å². The average molecular weight is 783 g/mol. The number of hydrogen-bond acceptors (Lipinski definition) is 3. The molecule has 0 aliphatic carbocycles. The number of hydrogen-bond donors (Lipinski definition) is 0. The zero-order chi connectivity index (χ0) is 28.2. The van der Waals surface area contributed by atoms with E-state index in [9.17, 15) is 0 Å². The number of nitrogens with zero attached hydrogens (tertiary/aromatic N) is 2. The Kier molecular flexibility index (Phi) is 9.18. The Morgan fingerprint density at radius 3 is 2.14 bits per heavy atom. The topological polar surface area (TPSA) is 38.9 Å². The van der Waals surface area contributed by atoms with Gasteiger partial charge < -0.3 is 4.98 Å². The van der Waals surface area contributed by atoms with Gasteiger partial charge in [-0.1, -0.05) is 18.2 Å². The number of aromatic nitrogens is 2. The largest absolute Gasteiger partial charge is 0.305 e. The molecule has 0 fully saturated rings. The number of benzene rings is 4. The summed E-state index contributed by atoms with van der Waals surface area (Å²) >= 11 is -2.04. The quantitative estimate of drug-likeness (QED) is 0.132. The van der Waals surface area contributed by atoms with E-state index < -0.39 is 13.3 Å². The minimum Gasteiger partial charge on any atom is -0.305 e. The minimum atomic E-state index is -2.04. The summed E-state index contributed by atoms with van der Waals surface area (Å²) in [6, 6.07) is 45.3. The Morgan fingerprint density at radius 2 is 1.40 bits per heavy atom. The first kappa shape index (κ1) is 29.7. The number of para-hydroxylation sites is 1. The molecule has 0 bridgehead atoms. The van der Waals surface area contributed by atoms with Gasteiger partial charge in [-0.15, -0.1) is 35.9 Å². The summed E-state index contributed by atoms with van der Waals surface area (Å²) in [6.07, 6.45) is 3.73. The first-order valence-electron chi connectivity index (χ1n) is 13.7. The van der Waals surface area contributed by atoms with E-state index in [1.807, 2.05) is 60.8 Å². The fraction of sp³-hybridized carbons (Fsp3) is 0.0811. The Balaban J connectivity index is 0.000000228. The van der Waals surface area contributed by atoms with Crippen molar-refractivity contribution < 1.29 is 24.5 Å². The van der Waals surface area contributed by atoms with Gasteiger partial charge in [0, 0.05) is 26.3 Å². The van der Waals surface area contributed by atoms with Crippen molar-refractivity contribution in [3.63, 3.8) is 0 Å². The van der Waals surface area contributed by atoms with Gasteiger partial charge in [-0.2, -0.15) is 0 Å². The third-order valence-electron chi connectivity index (χ3n) is 7.03. The third-order valence-corrected chi connectivity index (χ3v) is 11.2. The van der Waals surface area contributed by atoms with Crippen molar-refractivity contribution in [3.8, 4) is 33.6 Å². The predicted octanol–water partition coefficient (Wildman–Crippen LogP) is 9.21. The van der Waals surface area contributed by atoms with Crippen LogP contribution in [0.1, 0.15) is 0 Å². The van der Waals surface area contributed by atoms with Crippen LogP contribution < -0.4 is 4.40 Å². The van der Waals surface area contributed by atoms with Crippen molar-refractivity contribution in [1.82, 2.24) is 9.97 Å². The summed E-state index contributed by atoms with van der Waals surface area (Å²) in [5.74, 6) is 7.20. The molecule has 5 heteroatoms. The molecule has 0 N–H and O–H groups in total. The van der Waals surface area contributed by atoms with Gasteiger partial charge >= 0.3 is 168 Å². The molecule has 0 aliphatic rings. The van der Waals surface area contributed by atoms with Crippen molar-refractivity contribution in [3.05, 3.63) is 140 Å². The van der Waals surface area contributed by atoms with Crippen LogP contribution in [0.4, 0.5) is 0 Å². The van der Waals surface area contributed by atoms with Gasteiger partial charge in [0.15, 0.2) is 0 Å². The molecule has 0 atom stereocenters. The second-order valence-corrected chi connectivity index (χ2v) is 21.5. The van der Waals surface area contributed by atoms with Gasteiger partial charge in [0.2, 0.25) is 0 Å². The monoisotopic (exact) mass is 785 g/mol. The molecule has 0 amide bonds. The van der Waals surface area contributed by atoms with Crippen molar-refractivity contribution in [2.24, 2.45) is 0 Å². The zero-order valence-corrected chi connectivity index (χ0v) is 28.3. The molecule has 0 unspecified atom stereocenters. The second kappa shape index (κ2) is 13.0. The van der Waals surface area contributed by atoms with Gasteiger partial charge in [0.1, 0.15) is 0 Å². The summed E-state index contributed by atoms with van der Waals surface area (Å²) in [5, 5.41) is 2.25. The van der Waals surface area contributed by atoms with Crippen molar-refractivity contribution in [1.29, 1.82) is 0 Å². The number of furan rings is 1. The van der Waals surface area contributed by atoms with Crippen molar-refractivity contribution >= 4 is 39.6 Å². The first-order chi connectivity index (χ1) is 20.0. The molecule has 0 aliphatic heterocycles. The SMILES string of the molecule is [CH3][Ge]([CH3])([CH3])[c]1cccc2c1oc1cc(-c3[c-]ccc(-c4ccccc4)c3)ncc12.[Ir].[c-]1ccccc1-c1ccccn1. The van der Waals surface area contributed by atoms with E-state index in [2.05, 4.69) is 95.0 Å². The number of pyridine rings is 2.